The molecule has 0 atom stereocenters. The molecule has 0 radical (unpaired) electrons. The first-order chi connectivity index (χ1) is 11.4. The van der Waals surface area contributed by atoms with Gasteiger partial charge in [-0.25, -0.2) is 14.5 Å². The summed E-state index contributed by atoms with van der Waals surface area (Å²) in [7, 11) is 0. The number of rotatable bonds is 13. The van der Waals surface area contributed by atoms with Gasteiger partial charge in [0.15, 0.2) is 0 Å². The maximum atomic E-state index is 8.56. The van der Waals surface area contributed by atoms with Gasteiger partial charge in [0.25, 0.3) is 0 Å². The molecule has 24 heavy (non-hydrogen) atoms. The monoisotopic (exact) mass is 354 g/mol. The van der Waals surface area contributed by atoms with E-state index in [9.17, 15) is 0 Å². The van der Waals surface area contributed by atoms with E-state index in [0.29, 0.717) is 6.61 Å². The molecule has 8 heteroatoms. The van der Waals surface area contributed by atoms with Crippen molar-refractivity contribution in [1.82, 2.24) is 0 Å². The van der Waals surface area contributed by atoms with Crippen LogP contribution in [0.3, 0.4) is 0 Å². The summed E-state index contributed by atoms with van der Waals surface area (Å²) in [5, 5.41) is 36.0. The topological polar surface area (TPSA) is 145 Å². The first kappa shape index (κ1) is 27.3. The summed E-state index contributed by atoms with van der Waals surface area (Å²) in [6, 6.07) is 0. The molecule has 0 saturated carbocycles. The molecule has 0 aliphatic rings. The molecule has 0 amide bonds. The maximum absolute atomic E-state index is 8.56. The Labute approximate surface area is 144 Å². The predicted octanol–water partition coefficient (Wildman–Crippen LogP) is 5.62. The van der Waals surface area contributed by atoms with E-state index in [2.05, 4.69) is 11.8 Å². The third kappa shape index (κ3) is 59.0. The molecule has 0 aliphatic carbocycles. The first-order valence-electron chi connectivity index (χ1n) is 8.48. The second-order valence-electron chi connectivity index (χ2n) is 5.29. The van der Waals surface area contributed by atoms with Crippen molar-refractivity contribution in [1.29, 1.82) is 0 Å². The Morgan fingerprint density at radius 3 is 1.12 bits per heavy atom. The van der Waals surface area contributed by atoms with Gasteiger partial charge in [-0.3, -0.25) is 5.26 Å². The SMILES string of the molecule is CCCCCCCCCCCCCCOO.O=C(O)O.O=C(O)O. The van der Waals surface area contributed by atoms with Crippen LogP contribution in [-0.2, 0) is 4.89 Å². The molecule has 0 aliphatic heterocycles. The molecule has 0 rings (SSSR count). The second-order valence-corrected chi connectivity index (χ2v) is 5.29. The zero-order chi connectivity index (χ0) is 19.1. The van der Waals surface area contributed by atoms with Crippen LogP contribution in [0.15, 0.2) is 0 Å². The number of unbranched alkanes of at least 4 members (excludes halogenated alkanes) is 11. The quantitative estimate of drug-likeness (QED) is 0.163. The predicted molar refractivity (Wildman–Crippen MR) is 91.0 cm³/mol. The Bertz CT molecular complexity index is 224. The molecule has 5 N–H and O–H groups in total. The number of hydrogen-bond donors (Lipinski definition) is 5. The van der Waals surface area contributed by atoms with Crippen LogP contribution in [0.2, 0.25) is 0 Å². The second kappa shape index (κ2) is 26.4. The van der Waals surface area contributed by atoms with Gasteiger partial charge >= 0.3 is 12.3 Å². The molecule has 0 aromatic carbocycles. The fraction of sp³-hybridized carbons (Fsp3) is 0.875. The normalized spacial score (nSPS) is 9.25. The summed E-state index contributed by atoms with van der Waals surface area (Å²) < 4.78 is 0. The Kier molecular flexibility index (Phi) is 30.0. The van der Waals surface area contributed by atoms with Crippen LogP contribution in [0.25, 0.3) is 0 Å². The van der Waals surface area contributed by atoms with Gasteiger partial charge < -0.3 is 20.4 Å². The minimum atomic E-state index is -1.83. The number of carbonyl (C=O) groups is 2. The Balaban J connectivity index is -0.000000457. The molecule has 0 aromatic heterocycles. The lowest BCUT2D eigenvalue weighted by atomic mass is 10.1. The van der Waals surface area contributed by atoms with E-state index < -0.39 is 12.3 Å². The third-order valence-electron chi connectivity index (χ3n) is 3.09. The van der Waals surface area contributed by atoms with Crippen molar-refractivity contribution in [2.75, 3.05) is 6.61 Å². The van der Waals surface area contributed by atoms with Gasteiger partial charge in [-0.2, -0.15) is 0 Å². The first-order valence-corrected chi connectivity index (χ1v) is 8.48. The zero-order valence-corrected chi connectivity index (χ0v) is 14.7. The minimum absolute atomic E-state index is 0.497. The van der Waals surface area contributed by atoms with Crippen LogP contribution < -0.4 is 0 Å². The fourth-order valence-corrected chi connectivity index (χ4v) is 2.01. The van der Waals surface area contributed by atoms with E-state index in [-0.39, 0.29) is 0 Å². The molecule has 0 saturated heterocycles. The Morgan fingerprint density at radius 1 is 0.625 bits per heavy atom. The highest BCUT2D eigenvalue weighted by Crippen LogP contribution is 2.11. The maximum Gasteiger partial charge on any atom is 0.503 e. The average Bonchev–Trinajstić information content (AvgIpc) is 2.47. The van der Waals surface area contributed by atoms with Crippen molar-refractivity contribution in [2.24, 2.45) is 0 Å². The summed E-state index contributed by atoms with van der Waals surface area (Å²) in [6.07, 6.45) is 12.4. The van der Waals surface area contributed by atoms with Crippen LogP contribution >= 0.6 is 0 Å². The number of carboxylic acid groups (broad SMARTS) is 4. The van der Waals surface area contributed by atoms with Gasteiger partial charge in [0.2, 0.25) is 0 Å². The van der Waals surface area contributed by atoms with Gasteiger partial charge in [-0.05, 0) is 6.42 Å². The summed E-state index contributed by atoms with van der Waals surface area (Å²) in [6.45, 7) is 2.76. The van der Waals surface area contributed by atoms with Crippen molar-refractivity contribution in [3.8, 4) is 0 Å². The molecule has 0 spiro atoms. The molecule has 0 unspecified atom stereocenters. The molecular formula is C16H34O8. The highest BCUT2D eigenvalue weighted by Gasteiger charge is 1.93. The van der Waals surface area contributed by atoms with E-state index in [4.69, 9.17) is 35.3 Å². The van der Waals surface area contributed by atoms with Gasteiger partial charge in [0.05, 0.1) is 6.61 Å². The van der Waals surface area contributed by atoms with Crippen molar-refractivity contribution >= 4 is 12.3 Å². The van der Waals surface area contributed by atoms with Gasteiger partial charge in [0.1, 0.15) is 0 Å². The Hall–Kier alpha value is -1.54. The lowest BCUT2D eigenvalue weighted by Gasteiger charge is -2.02. The zero-order valence-electron chi connectivity index (χ0n) is 14.7. The van der Waals surface area contributed by atoms with Crippen LogP contribution in [0.5, 0.6) is 0 Å². The number of hydrogen-bond acceptors (Lipinski definition) is 4. The van der Waals surface area contributed by atoms with Crippen molar-refractivity contribution < 1.29 is 40.2 Å². The Morgan fingerprint density at radius 2 is 0.875 bits per heavy atom. The van der Waals surface area contributed by atoms with Gasteiger partial charge in [-0.15, -0.1) is 0 Å². The fourth-order valence-electron chi connectivity index (χ4n) is 2.01. The van der Waals surface area contributed by atoms with E-state index in [1.54, 1.807) is 0 Å². The van der Waals surface area contributed by atoms with Crippen LogP contribution in [0, 0.1) is 0 Å². The van der Waals surface area contributed by atoms with Crippen molar-refractivity contribution in [3.05, 3.63) is 0 Å². The molecule has 146 valence electrons. The lowest BCUT2D eigenvalue weighted by molar-refractivity contribution is -0.242. The lowest BCUT2D eigenvalue weighted by Crippen LogP contribution is -1.88. The standard InChI is InChI=1S/C14H30O2.2CH2O3/c1-2-3-4-5-6-7-8-9-10-11-12-13-14-16-15;2*2-1(3)4/h15H,2-14H2,1H3;2*(H2,2,3,4). The van der Waals surface area contributed by atoms with Crippen molar-refractivity contribution in [2.45, 2.75) is 84.0 Å². The van der Waals surface area contributed by atoms with E-state index in [1.165, 1.54) is 70.6 Å². The summed E-state index contributed by atoms with van der Waals surface area (Å²) >= 11 is 0. The third-order valence-corrected chi connectivity index (χ3v) is 3.09. The molecule has 0 fully saturated rings. The van der Waals surface area contributed by atoms with Crippen LogP contribution in [0.4, 0.5) is 9.59 Å². The smallest absolute Gasteiger partial charge is 0.450 e. The van der Waals surface area contributed by atoms with E-state index in [1.807, 2.05) is 0 Å². The molecule has 0 aromatic rings. The minimum Gasteiger partial charge on any atom is -0.450 e. The van der Waals surface area contributed by atoms with Gasteiger partial charge in [-0.1, -0.05) is 77.6 Å². The van der Waals surface area contributed by atoms with E-state index in [0.717, 1.165) is 6.42 Å². The molecule has 8 nitrogen and oxygen atoms in total. The summed E-state index contributed by atoms with van der Waals surface area (Å²) in [4.78, 5) is 21.1. The largest absolute Gasteiger partial charge is 0.503 e. The average molecular weight is 354 g/mol. The molecule has 0 heterocycles. The van der Waals surface area contributed by atoms with Gasteiger partial charge in [0, 0.05) is 0 Å². The van der Waals surface area contributed by atoms with Crippen molar-refractivity contribution in [3.63, 3.8) is 0 Å². The van der Waals surface area contributed by atoms with E-state index >= 15 is 0 Å². The molecule has 0 bridgehead atoms. The molecular weight excluding hydrogens is 320 g/mol. The highest BCUT2D eigenvalue weighted by molar-refractivity contribution is 5.53. The van der Waals surface area contributed by atoms with Crippen LogP contribution in [-0.4, -0.2) is 44.6 Å². The summed E-state index contributed by atoms with van der Waals surface area (Å²) in [5.74, 6) is 0. The van der Waals surface area contributed by atoms with Crippen LogP contribution in [0.1, 0.15) is 84.0 Å². The summed E-state index contributed by atoms with van der Waals surface area (Å²) in [5.41, 5.74) is 0. The highest BCUT2D eigenvalue weighted by atomic mass is 17.1.